The molecule has 0 saturated carbocycles. The molecule has 0 amide bonds. The molecule has 0 bridgehead atoms. The summed E-state index contributed by atoms with van der Waals surface area (Å²) in [4.78, 5) is 4.57. The lowest BCUT2D eigenvalue weighted by Gasteiger charge is -2.08. The largest absolute Gasteiger partial charge is 0.487 e. The van der Waals surface area contributed by atoms with Crippen LogP contribution in [0.3, 0.4) is 0 Å². The van der Waals surface area contributed by atoms with Crippen molar-refractivity contribution in [2.24, 2.45) is 5.84 Å². The van der Waals surface area contributed by atoms with Crippen molar-refractivity contribution in [3.8, 4) is 5.75 Å². The van der Waals surface area contributed by atoms with Crippen LogP contribution in [0, 0.1) is 0 Å². The Bertz CT molecular complexity index is 727. The molecule has 3 aromatic rings. The second kappa shape index (κ2) is 5.59. The maximum atomic E-state index is 5.73. The van der Waals surface area contributed by atoms with Crippen LogP contribution in [0.15, 0.2) is 60.7 Å². The van der Waals surface area contributed by atoms with Crippen molar-refractivity contribution in [3.63, 3.8) is 0 Å². The molecule has 100 valence electrons. The number of benzene rings is 2. The van der Waals surface area contributed by atoms with Crippen LogP contribution >= 0.6 is 0 Å². The quantitative estimate of drug-likeness (QED) is 0.562. The Hall–Kier alpha value is -2.59. The molecule has 0 aliphatic carbocycles. The average Bonchev–Trinajstić information content (AvgIpc) is 2.53. The van der Waals surface area contributed by atoms with Crippen molar-refractivity contribution in [2.45, 2.75) is 6.61 Å². The molecule has 0 fully saturated rings. The van der Waals surface area contributed by atoms with E-state index in [2.05, 4.69) is 16.5 Å². The van der Waals surface area contributed by atoms with E-state index in [9.17, 15) is 0 Å². The van der Waals surface area contributed by atoms with Crippen LogP contribution in [-0.4, -0.2) is 4.98 Å². The first-order chi connectivity index (χ1) is 9.85. The number of nitrogen functional groups attached to an aromatic ring is 1. The number of ether oxygens (including phenoxy) is 1. The predicted octanol–water partition coefficient (Wildman–Crippen LogP) is 3.10. The monoisotopic (exact) mass is 265 g/mol. The first kappa shape index (κ1) is 12.4. The number of fused-ring (bicyclic) bond motifs is 1. The van der Waals surface area contributed by atoms with Gasteiger partial charge < -0.3 is 10.2 Å². The van der Waals surface area contributed by atoms with Gasteiger partial charge in [-0.05, 0) is 24.3 Å². The first-order valence-electron chi connectivity index (χ1n) is 6.39. The van der Waals surface area contributed by atoms with Crippen molar-refractivity contribution in [1.82, 2.24) is 4.98 Å². The van der Waals surface area contributed by atoms with Gasteiger partial charge >= 0.3 is 0 Å². The molecule has 0 aliphatic heterocycles. The number of pyridine rings is 1. The SMILES string of the molecule is NNc1cccc(OCc2ccc3ccccc3n2)c1. The Balaban J connectivity index is 1.76. The van der Waals surface area contributed by atoms with E-state index in [1.165, 1.54) is 0 Å². The third kappa shape index (κ3) is 2.70. The number of anilines is 1. The molecular weight excluding hydrogens is 250 g/mol. The summed E-state index contributed by atoms with van der Waals surface area (Å²) in [5, 5.41) is 1.13. The first-order valence-corrected chi connectivity index (χ1v) is 6.39. The molecular formula is C16H15N3O. The Labute approximate surface area is 117 Å². The molecule has 0 saturated heterocycles. The highest BCUT2D eigenvalue weighted by Gasteiger charge is 2.00. The molecule has 4 nitrogen and oxygen atoms in total. The lowest BCUT2D eigenvalue weighted by molar-refractivity contribution is 0.302. The fraction of sp³-hybridized carbons (Fsp3) is 0.0625. The number of hydrogen-bond donors (Lipinski definition) is 2. The molecule has 0 atom stereocenters. The number of para-hydroxylation sites is 1. The van der Waals surface area contributed by atoms with Crippen LogP contribution < -0.4 is 16.0 Å². The van der Waals surface area contributed by atoms with Crippen LogP contribution in [0.25, 0.3) is 10.9 Å². The number of nitrogens with two attached hydrogens (primary N) is 1. The van der Waals surface area contributed by atoms with Crippen molar-refractivity contribution in [3.05, 3.63) is 66.4 Å². The van der Waals surface area contributed by atoms with Crippen molar-refractivity contribution in [2.75, 3.05) is 5.43 Å². The minimum atomic E-state index is 0.429. The molecule has 20 heavy (non-hydrogen) atoms. The van der Waals surface area contributed by atoms with Crippen molar-refractivity contribution >= 4 is 16.6 Å². The summed E-state index contributed by atoms with van der Waals surface area (Å²) in [5.41, 5.74) is 5.28. The summed E-state index contributed by atoms with van der Waals surface area (Å²) in [6.45, 7) is 0.429. The summed E-state index contributed by atoms with van der Waals surface area (Å²) in [7, 11) is 0. The van der Waals surface area contributed by atoms with Gasteiger partial charge in [-0.15, -0.1) is 0 Å². The van der Waals surface area contributed by atoms with Crippen LogP contribution in [0.1, 0.15) is 5.69 Å². The van der Waals surface area contributed by atoms with Crippen molar-refractivity contribution < 1.29 is 4.74 Å². The van der Waals surface area contributed by atoms with E-state index in [0.29, 0.717) is 6.61 Å². The number of hydrazine groups is 1. The van der Waals surface area contributed by atoms with Crippen LogP contribution in [0.2, 0.25) is 0 Å². The van der Waals surface area contributed by atoms with Gasteiger partial charge in [-0.3, -0.25) is 5.84 Å². The smallest absolute Gasteiger partial charge is 0.130 e. The highest BCUT2D eigenvalue weighted by Crippen LogP contribution is 2.18. The maximum absolute atomic E-state index is 5.73. The summed E-state index contributed by atoms with van der Waals surface area (Å²) < 4.78 is 5.73. The van der Waals surface area contributed by atoms with E-state index in [4.69, 9.17) is 10.6 Å². The zero-order valence-electron chi connectivity index (χ0n) is 10.9. The van der Waals surface area contributed by atoms with E-state index < -0.39 is 0 Å². The van der Waals surface area contributed by atoms with E-state index in [1.807, 2.05) is 54.6 Å². The lowest BCUT2D eigenvalue weighted by atomic mass is 10.2. The fourth-order valence-electron chi connectivity index (χ4n) is 2.02. The summed E-state index contributed by atoms with van der Waals surface area (Å²) in [6, 6.07) is 19.6. The van der Waals surface area contributed by atoms with Gasteiger partial charge in [0.15, 0.2) is 0 Å². The summed E-state index contributed by atoms with van der Waals surface area (Å²) >= 11 is 0. The van der Waals surface area contributed by atoms with Gasteiger partial charge in [-0.1, -0.05) is 30.3 Å². The van der Waals surface area contributed by atoms with Crippen LogP contribution in [0.5, 0.6) is 5.75 Å². The van der Waals surface area contributed by atoms with Gasteiger partial charge in [0, 0.05) is 11.5 Å². The van der Waals surface area contributed by atoms with Gasteiger partial charge in [-0.25, -0.2) is 4.98 Å². The molecule has 0 unspecified atom stereocenters. The van der Waals surface area contributed by atoms with Crippen LogP contribution in [-0.2, 0) is 6.61 Å². The molecule has 3 N–H and O–H groups in total. The Morgan fingerprint density at radius 2 is 1.90 bits per heavy atom. The van der Waals surface area contributed by atoms with Gasteiger partial charge in [0.2, 0.25) is 0 Å². The molecule has 0 aliphatic rings. The second-order valence-electron chi connectivity index (χ2n) is 4.46. The standard InChI is InChI=1S/C16H15N3O/c17-19-13-5-3-6-15(10-13)20-11-14-9-8-12-4-1-2-7-16(12)18-14/h1-10,19H,11,17H2. The molecule has 0 radical (unpaired) electrons. The Kier molecular flexibility index (Phi) is 3.48. The highest BCUT2D eigenvalue weighted by atomic mass is 16.5. The molecule has 1 aromatic heterocycles. The molecule has 4 heteroatoms. The van der Waals surface area contributed by atoms with Crippen LogP contribution in [0.4, 0.5) is 5.69 Å². The molecule has 0 spiro atoms. The van der Waals surface area contributed by atoms with Gasteiger partial charge in [0.1, 0.15) is 12.4 Å². The van der Waals surface area contributed by atoms with E-state index >= 15 is 0 Å². The lowest BCUT2D eigenvalue weighted by Crippen LogP contribution is -2.06. The van der Waals surface area contributed by atoms with Gasteiger partial charge in [0.25, 0.3) is 0 Å². The number of aromatic nitrogens is 1. The second-order valence-corrected chi connectivity index (χ2v) is 4.46. The topological polar surface area (TPSA) is 60.2 Å². The van der Waals surface area contributed by atoms with E-state index in [1.54, 1.807) is 0 Å². The Morgan fingerprint density at radius 3 is 2.80 bits per heavy atom. The zero-order valence-corrected chi connectivity index (χ0v) is 10.9. The molecule has 2 aromatic carbocycles. The highest BCUT2D eigenvalue weighted by molar-refractivity contribution is 5.78. The zero-order chi connectivity index (χ0) is 13.8. The Morgan fingerprint density at radius 1 is 1.00 bits per heavy atom. The third-order valence-electron chi connectivity index (χ3n) is 3.04. The summed E-state index contributed by atoms with van der Waals surface area (Å²) in [5.74, 6) is 6.13. The third-order valence-corrected chi connectivity index (χ3v) is 3.04. The normalized spacial score (nSPS) is 10.4. The fourth-order valence-corrected chi connectivity index (χ4v) is 2.02. The maximum Gasteiger partial charge on any atom is 0.130 e. The average molecular weight is 265 g/mol. The van der Waals surface area contributed by atoms with Crippen molar-refractivity contribution in [1.29, 1.82) is 0 Å². The minimum absolute atomic E-state index is 0.429. The molecule has 3 rings (SSSR count). The summed E-state index contributed by atoms with van der Waals surface area (Å²) in [6.07, 6.45) is 0. The number of rotatable bonds is 4. The number of nitrogens with one attached hydrogen (secondary N) is 1. The van der Waals surface area contributed by atoms with Gasteiger partial charge in [0.05, 0.1) is 16.9 Å². The van der Waals surface area contributed by atoms with E-state index in [0.717, 1.165) is 28.0 Å². The molecule has 1 heterocycles. The van der Waals surface area contributed by atoms with Gasteiger partial charge in [-0.2, -0.15) is 0 Å². The minimum Gasteiger partial charge on any atom is -0.487 e. The predicted molar refractivity (Wildman–Crippen MR) is 80.3 cm³/mol. The number of nitrogens with zero attached hydrogens (tertiary/aromatic N) is 1. The number of hydrogen-bond acceptors (Lipinski definition) is 4. The van der Waals surface area contributed by atoms with E-state index in [-0.39, 0.29) is 0 Å².